The molecule has 4 nitrogen and oxygen atoms in total. The number of benzene rings is 2. The molecule has 2 aromatic carbocycles. The molecule has 1 aliphatic rings. The lowest BCUT2D eigenvalue weighted by atomic mass is 10.1. The second-order valence-electron chi connectivity index (χ2n) is 4.61. The molecule has 1 atom stereocenters. The zero-order chi connectivity index (χ0) is 14.1. The minimum atomic E-state index is -0.531. The standard InChI is InChI=1S/C15H13FN2O2/c16-11-6-5-9(7-12(11)17)15(19)18-13-8-20-14-4-2-1-3-10(13)14/h1-7,13H,8,17H2,(H,18,19). The number of amides is 1. The topological polar surface area (TPSA) is 64.4 Å². The molecule has 0 saturated carbocycles. The van der Waals surface area contributed by atoms with Crippen LogP contribution in [0.15, 0.2) is 42.5 Å². The van der Waals surface area contributed by atoms with Gasteiger partial charge >= 0.3 is 0 Å². The van der Waals surface area contributed by atoms with Crippen molar-refractivity contribution in [1.29, 1.82) is 0 Å². The van der Waals surface area contributed by atoms with E-state index >= 15 is 0 Å². The zero-order valence-corrected chi connectivity index (χ0v) is 10.6. The van der Waals surface area contributed by atoms with E-state index in [1.165, 1.54) is 18.2 Å². The first-order valence-corrected chi connectivity index (χ1v) is 6.23. The molecule has 0 bridgehead atoms. The van der Waals surface area contributed by atoms with Crippen LogP contribution in [0.2, 0.25) is 0 Å². The maximum Gasteiger partial charge on any atom is 0.251 e. The number of hydrogen-bond acceptors (Lipinski definition) is 3. The van der Waals surface area contributed by atoms with Gasteiger partial charge in [-0.3, -0.25) is 4.79 Å². The third kappa shape index (κ3) is 2.18. The van der Waals surface area contributed by atoms with Gasteiger partial charge in [0.15, 0.2) is 0 Å². The number of carbonyl (C=O) groups excluding carboxylic acids is 1. The Kier molecular flexibility index (Phi) is 3.02. The number of nitrogens with one attached hydrogen (secondary N) is 1. The molecule has 0 fully saturated rings. The van der Waals surface area contributed by atoms with Gasteiger partial charge in [0.25, 0.3) is 5.91 Å². The summed E-state index contributed by atoms with van der Waals surface area (Å²) in [6, 6.07) is 11.2. The third-order valence-corrected chi connectivity index (χ3v) is 3.26. The van der Waals surface area contributed by atoms with E-state index in [2.05, 4.69) is 5.32 Å². The summed E-state index contributed by atoms with van der Waals surface area (Å²) in [5.41, 5.74) is 6.69. The average molecular weight is 272 g/mol. The number of rotatable bonds is 2. The summed E-state index contributed by atoms with van der Waals surface area (Å²) in [5.74, 6) is -0.0606. The molecule has 0 aromatic heterocycles. The molecule has 102 valence electrons. The second-order valence-corrected chi connectivity index (χ2v) is 4.61. The predicted molar refractivity (Wildman–Crippen MR) is 73.0 cm³/mol. The van der Waals surface area contributed by atoms with E-state index in [0.29, 0.717) is 12.2 Å². The largest absolute Gasteiger partial charge is 0.491 e. The Balaban J connectivity index is 1.79. The third-order valence-electron chi connectivity index (χ3n) is 3.26. The van der Waals surface area contributed by atoms with Crippen LogP contribution in [0.5, 0.6) is 5.75 Å². The van der Waals surface area contributed by atoms with E-state index in [-0.39, 0.29) is 17.6 Å². The van der Waals surface area contributed by atoms with Crippen molar-refractivity contribution in [2.24, 2.45) is 0 Å². The fourth-order valence-electron chi connectivity index (χ4n) is 2.21. The van der Waals surface area contributed by atoms with Gasteiger partial charge in [-0.25, -0.2) is 4.39 Å². The summed E-state index contributed by atoms with van der Waals surface area (Å²) in [7, 11) is 0. The van der Waals surface area contributed by atoms with Crippen molar-refractivity contribution in [3.05, 3.63) is 59.4 Å². The molecule has 3 rings (SSSR count). The zero-order valence-electron chi connectivity index (χ0n) is 10.6. The van der Waals surface area contributed by atoms with Gasteiger partial charge in [-0.1, -0.05) is 18.2 Å². The van der Waals surface area contributed by atoms with Gasteiger partial charge in [0.2, 0.25) is 0 Å². The van der Waals surface area contributed by atoms with Crippen LogP contribution in [0.4, 0.5) is 10.1 Å². The molecular weight excluding hydrogens is 259 g/mol. The molecule has 2 aromatic rings. The normalized spacial score (nSPS) is 16.4. The molecule has 1 heterocycles. The smallest absolute Gasteiger partial charge is 0.251 e. The number of halogens is 1. The van der Waals surface area contributed by atoms with E-state index in [0.717, 1.165) is 11.3 Å². The highest BCUT2D eigenvalue weighted by molar-refractivity contribution is 5.95. The fraction of sp³-hybridized carbons (Fsp3) is 0.133. The van der Waals surface area contributed by atoms with E-state index in [1.807, 2.05) is 24.3 Å². The van der Waals surface area contributed by atoms with Crippen molar-refractivity contribution in [1.82, 2.24) is 5.32 Å². The molecule has 0 spiro atoms. The molecular formula is C15H13FN2O2. The SMILES string of the molecule is Nc1cc(C(=O)NC2COc3ccccc32)ccc1F. The van der Waals surface area contributed by atoms with Crippen molar-refractivity contribution in [3.8, 4) is 5.75 Å². The van der Waals surface area contributed by atoms with Gasteiger partial charge in [-0.2, -0.15) is 0 Å². The first-order chi connectivity index (χ1) is 9.65. The van der Waals surface area contributed by atoms with Crippen LogP contribution in [0.25, 0.3) is 0 Å². The Morgan fingerprint density at radius 1 is 1.30 bits per heavy atom. The lowest BCUT2D eigenvalue weighted by Gasteiger charge is -2.12. The number of nitrogens with two attached hydrogens (primary N) is 1. The van der Waals surface area contributed by atoms with Gasteiger partial charge in [-0.05, 0) is 24.3 Å². The van der Waals surface area contributed by atoms with Gasteiger partial charge in [0.1, 0.15) is 18.2 Å². The Morgan fingerprint density at radius 3 is 2.90 bits per heavy atom. The average Bonchev–Trinajstić information content (AvgIpc) is 2.85. The maximum absolute atomic E-state index is 13.1. The summed E-state index contributed by atoms with van der Waals surface area (Å²) in [4.78, 5) is 12.1. The van der Waals surface area contributed by atoms with Gasteiger partial charge in [-0.15, -0.1) is 0 Å². The molecule has 0 saturated heterocycles. The predicted octanol–water partition coefficient (Wildman–Crippen LogP) is 2.27. The summed E-state index contributed by atoms with van der Waals surface area (Å²) in [5, 5.41) is 2.86. The maximum atomic E-state index is 13.1. The highest BCUT2D eigenvalue weighted by Crippen LogP contribution is 2.31. The van der Waals surface area contributed by atoms with Crippen LogP contribution in [0, 0.1) is 5.82 Å². The number of carbonyl (C=O) groups is 1. The Bertz CT molecular complexity index is 673. The lowest BCUT2D eigenvalue weighted by Crippen LogP contribution is -2.29. The summed E-state index contributed by atoms with van der Waals surface area (Å²) in [6.07, 6.45) is 0. The fourth-order valence-corrected chi connectivity index (χ4v) is 2.21. The van der Waals surface area contributed by atoms with Crippen LogP contribution >= 0.6 is 0 Å². The number of nitrogen functional groups attached to an aromatic ring is 1. The Hall–Kier alpha value is -2.56. The highest BCUT2D eigenvalue weighted by Gasteiger charge is 2.25. The minimum absolute atomic E-state index is 0.0410. The van der Waals surface area contributed by atoms with Crippen molar-refractivity contribution in [2.45, 2.75) is 6.04 Å². The van der Waals surface area contributed by atoms with Crippen LogP contribution in [0.1, 0.15) is 22.0 Å². The molecule has 0 aliphatic carbocycles. The molecule has 1 aliphatic heterocycles. The number of fused-ring (bicyclic) bond motifs is 1. The molecule has 1 amide bonds. The number of anilines is 1. The summed E-state index contributed by atoms with van der Waals surface area (Å²) >= 11 is 0. The van der Waals surface area contributed by atoms with Crippen molar-refractivity contribution >= 4 is 11.6 Å². The Morgan fingerprint density at radius 2 is 2.10 bits per heavy atom. The van der Waals surface area contributed by atoms with E-state index < -0.39 is 5.82 Å². The van der Waals surface area contributed by atoms with E-state index in [4.69, 9.17) is 10.5 Å². The van der Waals surface area contributed by atoms with E-state index in [9.17, 15) is 9.18 Å². The molecule has 20 heavy (non-hydrogen) atoms. The number of para-hydroxylation sites is 1. The monoisotopic (exact) mass is 272 g/mol. The quantitative estimate of drug-likeness (QED) is 0.824. The minimum Gasteiger partial charge on any atom is -0.491 e. The van der Waals surface area contributed by atoms with Crippen LogP contribution in [-0.2, 0) is 0 Å². The second kappa shape index (κ2) is 4.85. The van der Waals surface area contributed by atoms with Crippen LogP contribution < -0.4 is 15.8 Å². The first kappa shape index (κ1) is 12.5. The van der Waals surface area contributed by atoms with Crippen molar-refractivity contribution in [3.63, 3.8) is 0 Å². The van der Waals surface area contributed by atoms with Gasteiger partial charge < -0.3 is 15.8 Å². The number of hydrogen-bond donors (Lipinski definition) is 2. The van der Waals surface area contributed by atoms with Crippen LogP contribution in [-0.4, -0.2) is 12.5 Å². The van der Waals surface area contributed by atoms with Crippen molar-refractivity contribution in [2.75, 3.05) is 12.3 Å². The molecule has 1 unspecified atom stereocenters. The molecule has 3 N–H and O–H groups in total. The Labute approximate surface area is 115 Å². The lowest BCUT2D eigenvalue weighted by molar-refractivity contribution is 0.0930. The first-order valence-electron chi connectivity index (χ1n) is 6.23. The van der Waals surface area contributed by atoms with Crippen molar-refractivity contribution < 1.29 is 13.9 Å². The van der Waals surface area contributed by atoms with Gasteiger partial charge in [0, 0.05) is 11.1 Å². The van der Waals surface area contributed by atoms with Crippen LogP contribution in [0.3, 0.4) is 0 Å². The van der Waals surface area contributed by atoms with E-state index in [1.54, 1.807) is 0 Å². The molecule has 5 heteroatoms. The summed E-state index contributed by atoms with van der Waals surface area (Å²) in [6.45, 7) is 0.391. The highest BCUT2D eigenvalue weighted by atomic mass is 19.1. The molecule has 0 radical (unpaired) electrons. The summed E-state index contributed by atoms with van der Waals surface area (Å²) < 4.78 is 18.6. The van der Waals surface area contributed by atoms with Gasteiger partial charge in [0.05, 0.1) is 11.7 Å². The number of ether oxygens (including phenoxy) is 1.